The van der Waals surface area contributed by atoms with Crippen LogP contribution in [0.1, 0.15) is 5.56 Å². The Balaban J connectivity index is 2.30. The molecule has 1 heterocycles. The molecule has 2 heteroatoms. The Labute approximate surface area is 71.4 Å². The van der Waals surface area contributed by atoms with E-state index in [2.05, 4.69) is 6.07 Å². The molecule has 1 aromatic carbocycles. The van der Waals surface area contributed by atoms with Gasteiger partial charge in [0.15, 0.2) is 0 Å². The summed E-state index contributed by atoms with van der Waals surface area (Å²) >= 11 is 0. The highest BCUT2D eigenvalue weighted by Crippen LogP contribution is 2.26. The molecule has 2 rings (SSSR count). The van der Waals surface area contributed by atoms with E-state index in [1.54, 1.807) is 0 Å². The van der Waals surface area contributed by atoms with Crippen molar-refractivity contribution in [3.8, 4) is 11.8 Å². The zero-order chi connectivity index (χ0) is 8.39. The molecule has 12 heavy (non-hydrogen) atoms. The van der Waals surface area contributed by atoms with E-state index in [0.717, 1.165) is 17.7 Å². The van der Waals surface area contributed by atoms with Crippen molar-refractivity contribution in [1.29, 1.82) is 5.26 Å². The Morgan fingerprint density at radius 2 is 2.25 bits per heavy atom. The van der Waals surface area contributed by atoms with E-state index in [1.807, 2.05) is 24.3 Å². The first-order valence-electron chi connectivity index (χ1n) is 4.00. The van der Waals surface area contributed by atoms with Crippen LogP contribution >= 0.6 is 0 Å². The van der Waals surface area contributed by atoms with Gasteiger partial charge >= 0.3 is 0 Å². The lowest BCUT2D eigenvalue weighted by atomic mass is 9.98. The minimum Gasteiger partial charge on any atom is -0.492 e. The highest BCUT2D eigenvalue weighted by Gasteiger charge is 2.18. The summed E-state index contributed by atoms with van der Waals surface area (Å²) in [6, 6.07) is 10.1. The summed E-state index contributed by atoms with van der Waals surface area (Å²) in [5.74, 6) is 0.962. The Kier molecular flexibility index (Phi) is 1.71. The molecule has 0 saturated carbocycles. The first-order chi connectivity index (χ1) is 5.90. The van der Waals surface area contributed by atoms with Gasteiger partial charge in [-0.15, -0.1) is 0 Å². The maximum atomic E-state index is 8.69. The third-order valence-electron chi connectivity index (χ3n) is 2.06. The summed E-state index contributed by atoms with van der Waals surface area (Å²) in [6.45, 7) is 0.535. The van der Waals surface area contributed by atoms with Crippen LogP contribution in [0.5, 0.6) is 5.75 Å². The molecular weight excluding hydrogens is 150 g/mol. The second-order valence-corrected chi connectivity index (χ2v) is 2.95. The third-order valence-corrected chi connectivity index (χ3v) is 2.06. The van der Waals surface area contributed by atoms with Crippen molar-refractivity contribution in [2.24, 2.45) is 5.92 Å². The maximum Gasteiger partial charge on any atom is 0.122 e. The van der Waals surface area contributed by atoms with Gasteiger partial charge in [0.2, 0.25) is 0 Å². The van der Waals surface area contributed by atoms with E-state index in [1.165, 1.54) is 0 Å². The van der Waals surface area contributed by atoms with Gasteiger partial charge in [-0.1, -0.05) is 18.2 Å². The van der Waals surface area contributed by atoms with Gasteiger partial charge in [-0.25, -0.2) is 0 Å². The molecule has 0 N–H and O–H groups in total. The molecule has 0 spiro atoms. The molecule has 1 aromatic rings. The van der Waals surface area contributed by atoms with Gasteiger partial charge in [-0.3, -0.25) is 0 Å². The number of rotatable bonds is 0. The summed E-state index contributed by atoms with van der Waals surface area (Å²) in [7, 11) is 0. The largest absolute Gasteiger partial charge is 0.492 e. The Morgan fingerprint density at radius 1 is 1.42 bits per heavy atom. The first kappa shape index (κ1) is 7.17. The lowest BCUT2D eigenvalue weighted by Gasteiger charge is -2.20. The van der Waals surface area contributed by atoms with Crippen LogP contribution in [-0.4, -0.2) is 6.61 Å². The molecule has 1 unspecified atom stereocenters. The topological polar surface area (TPSA) is 33.0 Å². The van der Waals surface area contributed by atoms with Gasteiger partial charge in [0.05, 0.1) is 12.0 Å². The monoisotopic (exact) mass is 159 g/mol. The lowest BCUT2D eigenvalue weighted by molar-refractivity contribution is 0.253. The molecular formula is C10H9NO. The normalized spacial score (nSPS) is 20.4. The lowest BCUT2D eigenvalue weighted by Crippen LogP contribution is -2.18. The molecule has 0 radical (unpaired) electrons. The average Bonchev–Trinajstić information content (AvgIpc) is 2.17. The van der Waals surface area contributed by atoms with Crippen LogP contribution in [-0.2, 0) is 6.42 Å². The molecule has 0 fully saturated rings. The van der Waals surface area contributed by atoms with Crippen LogP contribution in [0, 0.1) is 17.2 Å². The van der Waals surface area contributed by atoms with Crippen molar-refractivity contribution in [2.75, 3.05) is 6.61 Å². The number of nitriles is 1. The molecule has 0 saturated heterocycles. The standard InChI is InChI=1S/C10H9NO/c11-6-8-5-9-3-1-2-4-10(9)12-7-8/h1-4,8H,5,7H2. The Bertz CT molecular complexity index is 327. The zero-order valence-electron chi connectivity index (χ0n) is 6.66. The van der Waals surface area contributed by atoms with Crippen molar-refractivity contribution in [3.63, 3.8) is 0 Å². The fourth-order valence-electron chi connectivity index (χ4n) is 1.41. The van der Waals surface area contributed by atoms with Gasteiger partial charge in [0.25, 0.3) is 0 Å². The molecule has 60 valence electrons. The first-order valence-corrected chi connectivity index (χ1v) is 4.00. The van der Waals surface area contributed by atoms with Gasteiger partial charge in [-0.2, -0.15) is 5.26 Å². The number of para-hydroxylation sites is 1. The number of hydrogen-bond acceptors (Lipinski definition) is 2. The van der Waals surface area contributed by atoms with Gasteiger partial charge in [0, 0.05) is 0 Å². The zero-order valence-corrected chi connectivity index (χ0v) is 6.66. The maximum absolute atomic E-state index is 8.69. The number of hydrogen-bond donors (Lipinski definition) is 0. The van der Waals surface area contributed by atoms with Crippen LogP contribution < -0.4 is 4.74 Å². The van der Waals surface area contributed by atoms with Gasteiger partial charge in [-0.05, 0) is 18.1 Å². The summed E-state index contributed by atoms with van der Waals surface area (Å²) in [4.78, 5) is 0. The third kappa shape index (κ3) is 1.14. The number of nitrogens with zero attached hydrogens (tertiary/aromatic N) is 1. The van der Waals surface area contributed by atoms with Crippen molar-refractivity contribution in [2.45, 2.75) is 6.42 Å². The van der Waals surface area contributed by atoms with Crippen LogP contribution in [0.4, 0.5) is 0 Å². The SMILES string of the molecule is N#CC1COc2ccccc2C1. The second-order valence-electron chi connectivity index (χ2n) is 2.95. The van der Waals surface area contributed by atoms with E-state index in [0.29, 0.717) is 6.61 Å². The van der Waals surface area contributed by atoms with Crippen molar-refractivity contribution in [1.82, 2.24) is 0 Å². The molecule has 0 aromatic heterocycles. The summed E-state index contributed by atoms with van der Waals surface area (Å²) in [5.41, 5.74) is 1.15. The second kappa shape index (κ2) is 2.86. The van der Waals surface area contributed by atoms with Crippen LogP contribution in [0.2, 0.25) is 0 Å². The van der Waals surface area contributed by atoms with E-state index < -0.39 is 0 Å². The van der Waals surface area contributed by atoms with Gasteiger partial charge in [0.1, 0.15) is 12.4 Å². The minimum absolute atomic E-state index is 0.0277. The molecule has 0 aliphatic carbocycles. The van der Waals surface area contributed by atoms with Crippen molar-refractivity contribution >= 4 is 0 Å². The highest BCUT2D eigenvalue weighted by molar-refractivity contribution is 5.35. The van der Waals surface area contributed by atoms with Crippen molar-refractivity contribution < 1.29 is 4.74 Å². The van der Waals surface area contributed by atoms with E-state index in [-0.39, 0.29) is 5.92 Å². The Hall–Kier alpha value is -1.49. The van der Waals surface area contributed by atoms with Crippen LogP contribution in [0.25, 0.3) is 0 Å². The van der Waals surface area contributed by atoms with Crippen LogP contribution in [0.3, 0.4) is 0 Å². The quantitative estimate of drug-likeness (QED) is 0.577. The summed E-state index contributed by atoms with van der Waals surface area (Å²) < 4.78 is 5.40. The van der Waals surface area contributed by atoms with Crippen molar-refractivity contribution in [3.05, 3.63) is 29.8 Å². The predicted octanol–water partition coefficient (Wildman–Crippen LogP) is 1.76. The highest BCUT2D eigenvalue weighted by atomic mass is 16.5. The molecule has 2 nitrogen and oxygen atoms in total. The fraction of sp³-hybridized carbons (Fsp3) is 0.300. The minimum atomic E-state index is 0.0277. The van der Waals surface area contributed by atoms with E-state index >= 15 is 0 Å². The molecule has 1 aliphatic rings. The van der Waals surface area contributed by atoms with Gasteiger partial charge < -0.3 is 4.74 Å². The van der Waals surface area contributed by atoms with Crippen LogP contribution in [0.15, 0.2) is 24.3 Å². The number of benzene rings is 1. The number of fused-ring (bicyclic) bond motifs is 1. The molecule has 0 amide bonds. The molecule has 1 aliphatic heterocycles. The molecule has 0 bridgehead atoms. The fourth-order valence-corrected chi connectivity index (χ4v) is 1.41. The van der Waals surface area contributed by atoms with E-state index in [9.17, 15) is 0 Å². The smallest absolute Gasteiger partial charge is 0.122 e. The molecule has 1 atom stereocenters. The van der Waals surface area contributed by atoms with E-state index in [4.69, 9.17) is 10.00 Å². The summed E-state index contributed by atoms with van der Waals surface area (Å²) in [6.07, 6.45) is 0.826. The summed E-state index contributed by atoms with van der Waals surface area (Å²) in [5, 5.41) is 8.69. The predicted molar refractivity (Wildman–Crippen MR) is 44.7 cm³/mol. The Morgan fingerprint density at radius 3 is 3.08 bits per heavy atom. The average molecular weight is 159 g/mol. The number of ether oxygens (including phenoxy) is 1.